The zero-order valence-electron chi connectivity index (χ0n) is 17.4. The Bertz CT molecular complexity index is 1090. The standard InChI is InChI=1S/C25H27O3P/c1-17(2)20-10-12-24-22(14-20)23-15-21(18(3)4)11-13-25(23)28-29(27-24)26-16-19-8-6-5-7-9-19/h5-15,17-18H,16H2,1-4H3. The van der Waals surface area contributed by atoms with Crippen LogP contribution in [-0.4, -0.2) is 0 Å². The van der Waals surface area contributed by atoms with E-state index in [1.807, 2.05) is 42.5 Å². The minimum Gasteiger partial charge on any atom is -0.399 e. The van der Waals surface area contributed by atoms with Crippen LogP contribution in [0.2, 0.25) is 0 Å². The Morgan fingerprint density at radius 2 is 1.24 bits per heavy atom. The molecule has 0 saturated heterocycles. The van der Waals surface area contributed by atoms with E-state index >= 15 is 0 Å². The van der Waals surface area contributed by atoms with E-state index in [0.717, 1.165) is 27.5 Å². The van der Waals surface area contributed by atoms with Crippen LogP contribution >= 0.6 is 8.24 Å². The molecule has 1 aromatic heterocycles. The number of rotatable bonds is 5. The molecule has 3 nitrogen and oxygen atoms in total. The van der Waals surface area contributed by atoms with Crippen molar-refractivity contribution < 1.29 is 12.9 Å². The summed E-state index contributed by atoms with van der Waals surface area (Å²) in [6.45, 7) is 9.27. The van der Waals surface area contributed by atoms with Crippen LogP contribution in [-0.2, 0) is 6.61 Å². The summed E-state index contributed by atoms with van der Waals surface area (Å²) in [6, 6.07) is 22.9. The van der Waals surface area contributed by atoms with Gasteiger partial charge in [-0.25, -0.2) is 0 Å². The van der Waals surface area contributed by atoms with Gasteiger partial charge in [-0.15, -0.1) is 0 Å². The maximum Gasteiger partial charge on any atom is 0.387 e. The van der Waals surface area contributed by atoms with Gasteiger partial charge in [-0.2, -0.15) is 0 Å². The van der Waals surface area contributed by atoms with Crippen molar-refractivity contribution in [1.82, 2.24) is 0 Å². The molecule has 0 aliphatic rings. The molecule has 4 heteroatoms. The van der Waals surface area contributed by atoms with Gasteiger partial charge in [0.15, 0.2) is 0 Å². The van der Waals surface area contributed by atoms with Crippen LogP contribution in [0.1, 0.15) is 56.2 Å². The van der Waals surface area contributed by atoms with E-state index in [0.29, 0.717) is 18.4 Å². The fourth-order valence-electron chi connectivity index (χ4n) is 3.33. The third-order valence-corrected chi connectivity index (χ3v) is 6.19. The fourth-order valence-corrected chi connectivity index (χ4v) is 4.36. The van der Waals surface area contributed by atoms with Crippen molar-refractivity contribution >= 4 is 30.2 Å². The van der Waals surface area contributed by atoms with E-state index in [9.17, 15) is 0 Å². The van der Waals surface area contributed by atoms with Gasteiger partial charge >= 0.3 is 8.24 Å². The maximum atomic E-state index is 6.22. The first-order valence-corrected chi connectivity index (χ1v) is 11.2. The second kappa shape index (κ2) is 8.49. The summed E-state index contributed by atoms with van der Waals surface area (Å²) >= 11 is 0. The predicted molar refractivity (Wildman–Crippen MR) is 121 cm³/mol. The Morgan fingerprint density at radius 3 is 1.72 bits per heavy atom. The highest BCUT2D eigenvalue weighted by Gasteiger charge is 2.11. The first-order valence-electron chi connectivity index (χ1n) is 10.1. The molecule has 0 aliphatic carbocycles. The van der Waals surface area contributed by atoms with Crippen LogP contribution in [0.4, 0.5) is 0 Å². The van der Waals surface area contributed by atoms with E-state index < -0.39 is 8.24 Å². The summed E-state index contributed by atoms with van der Waals surface area (Å²) < 4.78 is 18.5. The Hall–Kier alpha value is -2.48. The van der Waals surface area contributed by atoms with Crippen LogP contribution < -0.4 is 4.52 Å². The Labute approximate surface area is 172 Å². The van der Waals surface area contributed by atoms with Crippen LogP contribution in [0.15, 0.2) is 75.1 Å². The summed E-state index contributed by atoms with van der Waals surface area (Å²) in [5, 5.41) is 2.14. The average Bonchev–Trinajstić information content (AvgIpc) is 2.88. The fraction of sp³-hybridized carbons (Fsp3) is 0.280. The van der Waals surface area contributed by atoms with E-state index in [-0.39, 0.29) is 0 Å². The second-order valence-corrected chi connectivity index (χ2v) is 9.06. The molecule has 0 aliphatic heterocycles. The number of hydrogen-bond acceptors (Lipinski definition) is 3. The highest BCUT2D eigenvalue weighted by molar-refractivity contribution is 7.31. The molecule has 0 amide bonds. The van der Waals surface area contributed by atoms with Crippen LogP contribution in [0.25, 0.3) is 21.9 Å². The number of benzene rings is 3. The molecule has 150 valence electrons. The largest absolute Gasteiger partial charge is 0.399 e. The third-order valence-electron chi connectivity index (χ3n) is 5.16. The predicted octanol–water partition coefficient (Wildman–Crippen LogP) is 8.17. The Kier molecular flexibility index (Phi) is 5.80. The van der Waals surface area contributed by atoms with Crippen molar-refractivity contribution in [2.45, 2.75) is 46.1 Å². The van der Waals surface area contributed by atoms with E-state index in [1.165, 1.54) is 11.1 Å². The van der Waals surface area contributed by atoms with Crippen molar-refractivity contribution in [3.8, 4) is 0 Å². The lowest BCUT2D eigenvalue weighted by atomic mass is 9.97. The van der Waals surface area contributed by atoms with Gasteiger partial charge in [-0.05, 0) is 52.8 Å². The van der Waals surface area contributed by atoms with Crippen molar-refractivity contribution in [2.24, 2.45) is 0 Å². The van der Waals surface area contributed by atoms with Crippen molar-refractivity contribution in [3.63, 3.8) is 0 Å². The first-order chi connectivity index (χ1) is 14.0. The first kappa shape index (κ1) is 19.8. The van der Waals surface area contributed by atoms with Crippen molar-refractivity contribution in [3.05, 3.63) is 83.4 Å². The second-order valence-electron chi connectivity index (χ2n) is 7.99. The normalized spacial score (nSPS) is 11.7. The molecule has 0 bridgehead atoms. The van der Waals surface area contributed by atoms with Gasteiger partial charge in [0, 0.05) is 10.8 Å². The minimum absolute atomic E-state index is 0.442. The Morgan fingerprint density at radius 1 is 0.724 bits per heavy atom. The maximum absolute atomic E-state index is 6.22. The summed E-state index contributed by atoms with van der Waals surface area (Å²) in [7, 11) is -1.55. The summed E-state index contributed by atoms with van der Waals surface area (Å²) in [6.07, 6.45) is 0. The third kappa shape index (κ3) is 4.42. The van der Waals surface area contributed by atoms with Crippen LogP contribution in [0.5, 0.6) is 0 Å². The molecule has 0 radical (unpaired) electrons. The molecule has 0 saturated carbocycles. The molecular formula is C25H27O3P. The van der Waals surface area contributed by atoms with Crippen molar-refractivity contribution in [2.75, 3.05) is 0 Å². The van der Waals surface area contributed by atoms with E-state index in [1.54, 1.807) is 0 Å². The molecule has 0 unspecified atom stereocenters. The van der Waals surface area contributed by atoms with Gasteiger partial charge < -0.3 is 8.39 Å². The summed E-state index contributed by atoms with van der Waals surface area (Å²) in [5.41, 5.74) is 5.29. The van der Waals surface area contributed by atoms with Crippen LogP contribution in [0.3, 0.4) is 0 Å². The van der Waals surface area contributed by atoms with E-state index in [2.05, 4.69) is 52.0 Å². The van der Waals surface area contributed by atoms with Gasteiger partial charge in [-0.1, -0.05) is 70.2 Å². The Balaban J connectivity index is 1.89. The molecule has 0 fully saturated rings. The van der Waals surface area contributed by atoms with Gasteiger partial charge in [0.1, 0.15) is 11.2 Å². The highest BCUT2D eigenvalue weighted by Crippen LogP contribution is 2.36. The smallest absolute Gasteiger partial charge is 0.387 e. The van der Waals surface area contributed by atoms with E-state index in [4.69, 9.17) is 12.9 Å². The molecule has 0 spiro atoms. The topological polar surface area (TPSA) is 35.5 Å². The SMILES string of the molecule is CC(C)c1ccc2op(OCc3ccccc3)oc3ccc(C(C)C)cc3c2c1. The quantitative estimate of drug-likeness (QED) is 0.335. The lowest BCUT2D eigenvalue weighted by molar-refractivity contribution is 0.364. The highest BCUT2D eigenvalue weighted by atomic mass is 31.1. The molecule has 3 aromatic carbocycles. The zero-order valence-corrected chi connectivity index (χ0v) is 18.3. The monoisotopic (exact) mass is 406 g/mol. The molecule has 29 heavy (non-hydrogen) atoms. The van der Waals surface area contributed by atoms with Gasteiger partial charge in [0.2, 0.25) is 0 Å². The molecule has 0 atom stereocenters. The summed E-state index contributed by atoms with van der Waals surface area (Å²) in [4.78, 5) is 0. The van der Waals surface area contributed by atoms with Gasteiger partial charge in [0.25, 0.3) is 0 Å². The lowest BCUT2D eigenvalue weighted by Gasteiger charge is -2.07. The molecule has 4 aromatic rings. The zero-order chi connectivity index (χ0) is 20.4. The number of fused-ring (bicyclic) bond motifs is 3. The van der Waals surface area contributed by atoms with Gasteiger partial charge in [0.05, 0.1) is 6.61 Å². The van der Waals surface area contributed by atoms with Gasteiger partial charge in [-0.3, -0.25) is 4.52 Å². The van der Waals surface area contributed by atoms with Crippen LogP contribution in [0, 0.1) is 0 Å². The molecule has 1 heterocycles. The summed E-state index contributed by atoms with van der Waals surface area (Å²) in [5.74, 6) is 0.883. The molecular weight excluding hydrogens is 379 g/mol. The molecule has 4 rings (SSSR count). The van der Waals surface area contributed by atoms with Crippen molar-refractivity contribution in [1.29, 1.82) is 0 Å². The lowest BCUT2D eigenvalue weighted by Crippen LogP contribution is -1.91. The average molecular weight is 406 g/mol. The number of hydrogen-bond donors (Lipinski definition) is 0. The molecule has 0 N–H and O–H groups in total. The minimum atomic E-state index is -1.55.